The Balaban J connectivity index is 1.74. The number of nitrogens with two attached hydrogens (primary N) is 1. The van der Waals surface area contributed by atoms with Gasteiger partial charge in [0.1, 0.15) is 0 Å². The van der Waals surface area contributed by atoms with Crippen LogP contribution >= 0.6 is 0 Å². The first-order valence-corrected chi connectivity index (χ1v) is 8.38. The minimum absolute atomic E-state index is 0.0381. The Morgan fingerprint density at radius 1 is 1.32 bits per heavy atom. The third-order valence-corrected chi connectivity index (χ3v) is 4.85. The highest BCUT2D eigenvalue weighted by atomic mass is 16.1. The van der Waals surface area contributed by atoms with Crippen LogP contribution in [0.5, 0.6) is 0 Å². The summed E-state index contributed by atoms with van der Waals surface area (Å²) in [7, 11) is 2.15. The van der Waals surface area contributed by atoms with Crippen LogP contribution in [0.1, 0.15) is 44.2 Å². The molecule has 3 N–H and O–H groups in total. The zero-order valence-electron chi connectivity index (χ0n) is 13.8. The van der Waals surface area contributed by atoms with Gasteiger partial charge in [-0.3, -0.25) is 4.79 Å². The Labute approximate surface area is 134 Å². The van der Waals surface area contributed by atoms with E-state index in [1.54, 1.807) is 0 Å². The number of hydrogen-bond donors (Lipinski definition) is 2. The molecular weight excluding hydrogens is 274 g/mol. The van der Waals surface area contributed by atoms with Gasteiger partial charge in [0.15, 0.2) is 0 Å². The highest BCUT2D eigenvalue weighted by Gasteiger charge is 2.23. The molecule has 1 aliphatic rings. The number of nitrogens with zero attached hydrogens (tertiary/aromatic N) is 1. The Bertz CT molecular complexity index is 457. The molecule has 1 amide bonds. The zero-order valence-corrected chi connectivity index (χ0v) is 13.8. The molecule has 0 radical (unpaired) electrons. The van der Waals surface area contributed by atoms with Crippen molar-refractivity contribution in [2.24, 2.45) is 11.7 Å². The van der Waals surface area contributed by atoms with Crippen LogP contribution in [0.25, 0.3) is 0 Å². The second-order valence-electron chi connectivity index (χ2n) is 6.44. The van der Waals surface area contributed by atoms with Gasteiger partial charge in [-0.25, -0.2) is 0 Å². The minimum Gasteiger partial charge on any atom is -0.355 e. The first-order valence-electron chi connectivity index (χ1n) is 8.38. The fourth-order valence-corrected chi connectivity index (χ4v) is 3.17. The van der Waals surface area contributed by atoms with Crippen LogP contribution in [0.4, 0.5) is 0 Å². The van der Waals surface area contributed by atoms with Crippen LogP contribution in [-0.4, -0.2) is 37.0 Å². The van der Waals surface area contributed by atoms with Gasteiger partial charge >= 0.3 is 0 Å². The Kier molecular flexibility index (Phi) is 6.40. The van der Waals surface area contributed by atoms with Gasteiger partial charge < -0.3 is 16.0 Å². The molecule has 0 aliphatic heterocycles. The number of likely N-dealkylation sites (N-methyl/N-ethyl adjacent to an activating group) is 1. The molecule has 1 fully saturated rings. The maximum Gasteiger partial charge on any atom is 0.224 e. The van der Waals surface area contributed by atoms with E-state index >= 15 is 0 Å². The van der Waals surface area contributed by atoms with E-state index in [0.717, 1.165) is 12.1 Å². The van der Waals surface area contributed by atoms with Gasteiger partial charge in [-0.15, -0.1) is 0 Å². The van der Waals surface area contributed by atoms with Crippen LogP contribution < -0.4 is 11.1 Å². The second-order valence-corrected chi connectivity index (χ2v) is 6.44. The molecule has 0 heterocycles. The summed E-state index contributed by atoms with van der Waals surface area (Å²) >= 11 is 0. The maximum absolute atomic E-state index is 12.3. The van der Waals surface area contributed by atoms with E-state index in [-0.39, 0.29) is 17.9 Å². The summed E-state index contributed by atoms with van der Waals surface area (Å²) in [6.07, 6.45) is 5.26. The van der Waals surface area contributed by atoms with Crippen molar-refractivity contribution in [3.05, 3.63) is 35.9 Å². The number of hydrogen-bond acceptors (Lipinski definition) is 3. The van der Waals surface area contributed by atoms with Crippen molar-refractivity contribution in [1.82, 2.24) is 10.2 Å². The monoisotopic (exact) mass is 303 g/mol. The minimum atomic E-state index is -0.256. The average Bonchev–Trinajstić information content (AvgIpc) is 3.08. The van der Waals surface area contributed by atoms with Crippen LogP contribution in [0, 0.1) is 5.92 Å². The number of benzene rings is 1. The maximum atomic E-state index is 12.3. The summed E-state index contributed by atoms with van der Waals surface area (Å²) < 4.78 is 0. The van der Waals surface area contributed by atoms with Crippen molar-refractivity contribution >= 4 is 5.91 Å². The molecular formula is C18H29N3O. The molecule has 4 nitrogen and oxygen atoms in total. The fourth-order valence-electron chi connectivity index (χ4n) is 3.17. The molecule has 1 aliphatic carbocycles. The molecule has 0 saturated heterocycles. The number of carbonyl (C=O) groups is 1. The molecule has 2 atom stereocenters. The van der Waals surface area contributed by atoms with Crippen LogP contribution in [0.2, 0.25) is 0 Å². The second kappa shape index (κ2) is 8.30. The Morgan fingerprint density at radius 3 is 2.59 bits per heavy atom. The molecule has 4 heteroatoms. The van der Waals surface area contributed by atoms with E-state index in [0.29, 0.717) is 12.6 Å². The van der Waals surface area contributed by atoms with Gasteiger partial charge in [0.05, 0.1) is 5.92 Å². The van der Waals surface area contributed by atoms with Crippen molar-refractivity contribution in [3.8, 4) is 0 Å². The Morgan fingerprint density at radius 2 is 1.95 bits per heavy atom. The fraction of sp³-hybridized carbons (Fsp3) is 0.611. The van der Waals surface area contributed by atoms with Crippen molar-refractivity contribution in [2.45, 2.75) is 44.7 Å². The molecule has 1 aromatic carbocycles. The summed E-state index contributed by atoms with van der Waals surface area (Å²) in [5, 5.41) is 3.03. The van der Waals surface area contributed by atoms with E-state index in [9.17, 15) is 4.79 Å². The molecule has 0 spiro atoms. The predicted molar refractivity (Wildman–Crippen MR) is 90.4 cm³/mol. The third kappa shape index (κ3) is 4.55. The van der Waals surface area contributed by atoms with E-state index in [4.69, 9.17) is 5.73 Å². The summed E-state index contributed by atoms with van der Waals surface area (Å²) in [5.74, 6) is -0.185. The van der Waals surface area contributed by atoms with Gasteiger partial charge in [0.25, 0.3) is 0 Å². The molecule has 1 saturated carbocycles. The lowest BCUT2D eigenvalue weighted by atomic mass is 9.95. The zero-order chi connectivity index (χ0) is 15.9. The molecule has 0 aromatic heterocycles. The van der Waals surface area contributed by atoms with Gasteiger partial charge in [-0.2, -0.15) is 0 Å². The summed E-state index contributed by atoms with van der Waals surface area (Å²) in [4.78, 5) is 14.6. The molecule has 1 aromatic rings. The van der Waals surface area contributed by atoms with Gasteiger partial charge in [0, 0.05) is 25.2 Å². The van der Waals surface area contributed by atoms with E-state index in [1.807, 2.05) is 37.3 Å². The lowest BCUT2D eigenvalue weighted by Crippen LogP contribution is -2.41. The largest absolute Gasteiger partial charge is 0.355 e. The summed E-state index contributed by atoms with van der Waals surface area (Å²) in [6, 6.07) is 10.3. The van der Waals surface area contributed by atoms with E-state index in [2.05, 4.69) is 17.3 Å². The quantitative estimate of drug-likeness (QED) is 0.812. The van der Waals surface area contributed by atoms with Crippen molar-refractivity contribution in [2.75, 3.05) is 20.1 Å². The van der Waals surface area contributed by atoms with Crippen LogP contribution in [0.3, 0.4) is 0 Å². The molecule has 122 valence electrons. The van der Waals surface area contributed by atoms with Crippen molar-refractivity contribution in [1.29, 1.82) is 0 Å². The number of nitrogens with one attached hydrogen (secondary N) is 1. The highest BCUT2D eigenvalue weighted by molar-refractivity contribution is 5.79. The van der Waals surface area contributed by atoms with Crippen LogP contribution in [-0.2, 0) is 4.79 Å². The smallest absolute Gasteiger partial charge is 0.224 e. The number of carbonyl (C=O) groups excluding carboxylic acids is 1. The lowest BCUT2D eigenvalue weighted by Gasteiger charge is -2.25. The number of rotatable bonds is 7. The SMILES string of the molecule is CC(C(=O)NCCN(C)C1CCCC1)C(N)c1ccccc1. The van der Waals surface area contributed by atoms with Gasteiger partial charge in [-0.05, 0) is 25.5 Å². The van der Waals surface area contributed by atoms with Crippen molar-refractivity contribution < 1.29 is 4.79 Å². The molecule has 22 heavy (non-hydrogen) atoms. The molecule has 2 rings (SSSR count). The summed E-state index contributed by atoms with van der Waals surface area (Å²) in [6.45, 7) is 3.50. The normalized spacial score (nSPS) is 18.4. The van der Waals surface area contributed by atoms with Crippen molar-refractivity contribution in [3.63, 3.8) is 0 Å². The lowest BCUT2D eigenvalue weighted by molar-refractivity contribution is -0.125. The summed E-state index contributed by atoms with van der Waals surface area (Å²) in [5.41, 5.74) is 7.21. The average molecular weight is 303 g/mol. The Hall–Kier alpha value is -1.39. The standard InChI is InChI=1S/C18H29N3O/c1-14(17(19)15-8-4-3-5-9-15)18(22)20-12-13-21(2)16-10-6-7-11-16/h3-5,8-9,14,16-17H,6-7,10-13,19H2,1-2H3,(H,20,22). The third-order valence-electron chi connectivity index (χ3n) is 4.85. The van der Waals surface area contributed by atoms with Crippen LogP contribution in [0.15, 0.2) is 30.3 Å². The topological polar surface area (TPSA) is 58.4 Å². The van der Waals surface area contributed by atoms with Gasteiger partial charge in [-0.1, -0.05) is 50.1 Å². The number of amides is 1. The predicted octanol–water partition coefficient (Wildman–Crippen LogP) is 2.31. The molecule has 2 unspecified atom stereocenters. The van der Waals surface area contributed by atoms with Gasteiger partial charge in [0.2, 0.25) is 5.91 Å². The molecule has 0 bridgehead atoms. The first kappa shape index (κ1) is 17.0. The highest BCUT2D eigenvalue weighted by Crippen LogP contribution is 2.22. The first-order chi connectivity index (χ1) is 10.6. The van der Waals surface area contributed by atoms with E-state index < -0.39 is 0 Å². The van der Waals surface area contributed by atoms with E-state index in [1.165, 1.54) is 25.7 Å².